The highest BCUT2D eigenvalue weighted by Gasteiger charge is 2.41. The van der Waals surface area contributed by atoms with Gasteiger partial charge in [-0.25, -0.2) is 10.4 Å². The summed E-state index contributed by atoms with van der Waals surface area (Å²) in [6.07, 6.45) is 7.48. The highest BCUT2D eigenvalue weighted by atomic mass is 32.1. The molecule has 0 amide bonds. The van der Waals surface area contributed by atoms with E-state index in [9.17, 15) is 0 Å². The van der Waals surface area contributed by atoms with E-state index < -0.39 is 0 Å². The quantitative estimate of drug-likeness (QED) is 0.163. The number of amidine groups is 1. The minimum atomic E-state index is -0.206. The number of benzene rings is 4. The standard InChI is InChI=1S/C44H41N5S/c1-4-26-48-43(45-42(46-48)31-16-7-6-8-17-31)39-20-13-14-27-47(39)44(3,5-2)25-24-38-33-28-35-32-18-10-12-21-40(32)50-41(35)29-34(33)37-23-22-30-15-9-11-19-36(30)49(37)38/h6-24,27-29,42,46H,4-5,25-26H2,1-3H3/q+2. The molecule has 2 aliphatic heterocycles. The SMILES string of the molecule is CCCN1NC(c2ccccc2)N=C1c1cccc[n+]1C(C)(CC)CC=C1c2cc3c(cc2-c2ccc4ccccc4[n+]21)sc1ccccc13. The molecule has 2 aliphatic rings. The lowest BCUT2D eigenvalue weighted by Crippen LogP contribution is -2.58. The number of allylic oxidation sites excluding steroid dienone is 1. The molecule has 2 atom stereocenters. The Morgan fingerprint density at radius 3 is 2.46 bits per heavy atom. The summed E-state index contributed by atoms with van der Waals surface area (Å²) in [5, 5.41) is 6.16. The summed E-state index contributed by atoms with van der Waals surface area (Å²) in [6.45, 7) is 7.82. The van der Waals surface area contributed by atoms with Gasteiger partial charge in [-0.1, -0.05) is 74.5 Å². The number of aliphatic imine (C=N–C) groups is 1. The van der Waals surface area contributed by atoms with Crippen LogP contribution in [0.4, 0.5) is 0 Å². The van der Waals surface area contributed by atoms with Crippen LogP contribution in [0, 0.1) is 0 Å². The normalized spacial score (nSPS) is 17.4. The van der Waals surface area contributed by atoms with Gasteiger partial charge in [0.2, 0.25) is 28.4 Å². The van der Waals surface area contributed by atoms with Crippen LogP contribution in [0.5, 0.6) is 0 Å². The van der Waals surface area contributed by atoms with Crippen molar-refractivity contribution in [2.45, 2.75) is 51.7 Å². The van der Waals surface area contributed by atoms with E-state index in [1.54, 1.807) is 0 Å². The number of thiophene rings is 1. The fourth-order valence-electron chi connectivity index (χ4n) is 7.83. The van der Waals surface area contributed by atoms with Crippen molar-refractivity contribution in [3.63, 3.8) is 0 Å². The molecular formula is C44H41N5S+2. The Kier molecular flexibility index (Phi) is 7.59. The number of hydrazine groups is 1. The zero-order valence-corrected chi connectivity index (χ0v) is 29.6. The summed E-state index contributed by atoms with van der Waals surface area (Å²) in [4.78, 5) is 5.31. The highest BCUT2D eigenvalue weighted by molar-refractivity contribution is 7.25. The van der Waals surface area contributed by atoms with Crippen LogP contribution >= 0.6 is 11.3 Å². The van der Waals surface area contributed by atoms with Crippen LogP contribution in [-0.2, 0) is 5.54 Å². The molecule has 9 rings (SSSR count). The summed E-state index contributed by atoms with van der Waals surface area (Å²) < 4.78 is 7.65. The van der Waals surface area contributed by atoms with Gasteiger partial charge >= 0.3 is 0 Å². The maximum absolute atomic E-state index is 5.31. The zero-order chi connectivity index (χ0) is 33.8. The number of hydrogen-bond donors (Lipinski definition) is 1. The number of rotatable bonds is 8. The van der Waals surface area contributed by atoms with E-state index in [0.717, 1.165) is 37.3 Å². The summed E-state index contributed by atoms with van der Waals surface area (Å²) >= 11 is 1.89. The molecule has 0 spiro atoms. The summed E-state index contributed by atoms with van der Waals surface area (Å²) in [6, 6.07) is 44.1. The lowest BCUT2D eigenvalue weighted by atomic mass is 9.91. The van der Waals surface area contributed by atoms with Gasteiger partial charge in [-0.15, -0.1) is 11.3 Å². The van der Waals surface area contributed by atoms with Gasteiger partial charge < -0.3 is 0 Å². The zero-order valence-electron chi connectivity index (χ0n) is 28.8. The predicted octanol–water partition coefficient (Wildman–Crippen LogP) is 9.54. The van der Waals surface area contributed by atoms with Crippen molar-refractivity contribution in [3.05, 3.63) is 150 Å². The average molecular weight is 672 g/mol. The molecule has 0 fully saturated rings. The Labute approximate surface area is 297 Å². The number of hydrogen-bond acceptors (Lipinski definition) is 4. The van der Waals surface area contributed by atoms with Crippen molar-refractivity contribution < 1.29 is 9.13 Å². The third-order valence-electron chi connectivity index (χ3n) is 10.7. The fraction of sp³-hybridized carbons (Fsp3) is 0.205. The first-order chi connectivity index (χ1) is 24.6. The van der Waals surface area contributed by atoms with Crippen LogP contribution < -0.4 is 14.6 Å². The van der Waals surface area contributed by atoms with E-state index in [-0.39, 0.29) is 11.7 Å². The largest absolute Gasteiger partial charge is 0.285 e. The minimum absolute atomic E-state index is 0.109. The Morgan fingerprint density at radius 1 is 0.800 bits per heavy atom. The monoisotopic (exact) mass is 671 g/mol. The van der Waals surface area contributed by atoms with Crippen molar-refractivity contribution in [3.8, 4) is 11.3 Å². The van der Waals surface area contributed by atoms with E-state index in [0.29, 0.717) is 0 Å². The molecule has 1 N–H and O–H groups in total. The molecule has 6 heteroatoms. The topological polar surface area (TPSA) is 35.4 Å². The summed E-state index contributed by atoms with van der Waals surface area (Å²) in [7, 11) is 0. The summed E-state index contributed by atoms with van der Waals surface area (Å²) in [5.74, 6) is 0.997. The van der Waals surface area contributed by atoms with E-state index >= 15 is 0 Å². The van der Waals surface area contributed by atoms with Gasteiger partial charge in [0.05, 0.1) is 11.1 Å². The highest BCUT2D eigenvalue weighted by Crippen LogP contribution is 2.43. The predicted molar refractivity (Wildman–Crippen MR) is 207 cm³/mol. The Balaban J connectivity index is 1.18. The van der Waals surface area contributed by atoms with Crippen LogP contribution in [0.25, 0.3) is 48.0 Å². The van der Waals surface area contributed by atoms with Gasteiger partial charge in [-0.3, -0.25) is 5.01 Å². The molecule has 2 unspecified atom stereocenters. The third-order valence-corrected chi connectivity index (χ3v) is 11.8. The molecule has 4 aromatic carbocycles. The van der Waals surface area contributed by atoms with E-state index in [2.05, 4.69) is 174 Å². The molecule has 0 bridgehead atoms. The van der Waals surface area contributed by atoms with Gasteiger partial charge in [-0.2, -0.15) is 9.13 Å². The number of nitrogens with zero attached hydrogens (tertiary/aromatic N) is 4. The van der Waals surface area contributed by atoms with Crippen LogP contribution in [-0.4, -0.2) is 17.4 Å². The minimum Gasteiger partial charge on any atom is -0.285 e. The van der Waals surface area contributed by atoms with Crippen molar-refractivity contribution in [1.29, 1.82) is 0 Å². The maximum Gasteiger partial charge on any atom is 0.249 e. The molecule has 0 aliphatic carbocycles. The molecular weight excluding hydrogens is 631 g/mol. The van der Waals surface area contributed by atoms with E-state index in [4.69, 9.17) is 4.99 Å². The van der Waals surface area contributed by atoms with Gasteiger partial charge in [0.1, 0.15) is 6.17 Å². The lowest BCUT2D eigenvalue weighted by molar-refractivity contribution is -0.762. The molecule has 0 saturated carbocycles. The second kappa shape index (κ2) is 12.3. The molecule has 246 valence electrons. The third kappa shape index (κ3) is 4.97. The molecule has 0 radical (unpaired) electrons. The van der Waals surface area contributed by atoms with Crippen molar-refractivity contribution in [1.82, 2.24) is 10.4 Å². The molecule has 5 heterocycles. The first-order valence-corrected chi connectivity index (χ1v) is 18.7. The van der Waals surface area contributed by atoms with Crippen LogP contribution in [0.1, 0.15) is 63.0 Å². The second-order valence-corrected chi connectivity index (χ2v) is 14.8. The maximum atomic E-state index is 5.31. The first-order valence-electron chi connectivity index (χ1n) is 17.8. The second-order valence-electron chi connectivity index (χ2n) is 13.8. The van der Waals surface area contributed by atoms with Gasteiger partial charge in [0, 0.05) is 76.1 Å². The number of nitrogens with one attached hydrogen (secondary N) is 1. The molecule has 7 aromatic rings. The molecule has 3 aromatic heterocycles. The van der Waals surface area contributed by atoms with Crippen molar-refractivity contribution in [2.24, 2.45) is 4.99 Å². The Morgan fingerprint density at radius 2 is 1.60 bits per heavy atom. The van der Waals surface area contributed by atoms with Crippen LogP contribution in [0.3, 0.4) is 0 Å². The summed E-state index contributed by atoms with van der Waals surface area (Å²) in [5.41, 5.74) is 12.2. The van der Waals surface area contributed by atoms with Crippen LogP contribution in [0.2, 0.25) is 0 Å². The molecule has 5 nitrogen and oxygen atoms in total. The fourth-order valence-corrected chi connectivity index (χ4v) is 8.96. The average Bonchev–Trinajstić information content (AvgIpc) is 3.85. The van der Waals surface area contributed by atoms with E-state index in [1.165, 1.54) is 59.2 Å². The Bertz CT molecular complexity index is 2480. The van der Waals surface area contributed by atoms with Gasteiger partial charge in [0.25, 0.3) is 0 Å². The number of pyridine rings is 2. The van der Waals surface area contributed by atoms with Gasteiger partial charge in [0.15, 0.2) is 11.7 Å². The van der Waals surface area contributed by atoms with Crippen LogP contribution in [0.15, 0.2) is 139 Å². The van der Waals surface area contributed by atoms with Crippen molar-refractivity contribution >= 4 is 53.9 Å². The first kappa shape index (κ1) is 30.9. The number of fused-ring (bicyclic) bond motifs is 8. The van der Waals surface area contributed by atoms with Gasteiger partial charge in [-0.05, 0) is 54.5 Å². The lowest BCUT2D eigenvalue weighted by Gasteiger charge is -2.26. The molecule has 0 saturated heterocycles. The number of aromatic nitrogens is 2. The Hall–Kier alpha value is -5.17. The van der Waals surface area contributed by atoms with E-state index in [1.807, 2.05) is 11.3 Å². The smallest absolute Gasteiger partial charge is 0.249 e. The number of para-hydroxylation sites is 1. The van der Waals surface area contributed by atoms with Crippen molar-refractivity contribution in [2.75, 3.05) is 6.54 Å². The molecule has 50 heavy (non-hydrogen) atoms.